The van der Waals surface area contributed by atoms with Crippen molar-refractivity contribution in [3.63, 3.8) is 0 Å². The molecule has 0 radical (unpaired) electrons. The Morgan fingerprint density at radius 2 is 2.32 bits per heavy atom. The fraction of sp³-hybridized carbons (Fsp3) is 0.385. The van der Waals surface area contributed by atoms with Crippen molar-refractivity contribution in [2.45, 2.75) is 13.3 Å². The molecule has 6 heteroatoms. The molecule has 0 atom stereocenters. The molecule has 0 spiro atoms. The minimum absolute atomic E-state index is 0.184. The first kappa shape index (κ1) is 15.4. The number of amides is 1. The van der Waals surface area contributed by atoms with Crippen LogP contribution in [-0.4, -0.2) is 36.7 Å². The third-order valence-electron chi connectivity index (χ3n) is 2.26. The van der Waals surface area contributed by atoms with Gasteiger partial charge in [-0.2, -0.15) is 0 Å². The van der Waals surface area contributed by atoms with Gasteiger partial charge in [0.2, 0.25) is 0 Å². The van der Waals surface area contributed by atoms with E-state index in [4.69, 9.17) is 9.84 Å². The van der Waals surface area contributed by atoms with Crippen LogP contribution in [0.25, 0.3) is 6.08 Å². The van der Waals surface area contributed by atoms with E-state index in [2.05, 4.69) is 5.32 Å². The topological polar surface area (TPSA) is 75.6 Å². The van der Waals surface area contributed by atoms with Crippen LogP contribution >= 0.6 is 11.3 Å². The molecule has 0 aliphatic heterocycles. The monoisotopic (exact) mass is 283 g/mol. The number of hydrogen-bond acceptors (Lipinski definition) is 4. The highest BCUT2D eigenvalue weighted by atomic mass is 32.1. The zero-order chi connectivity index (χ0) is 14.1. The van der Waals surface area contributed by atoms with Crippen molar-refractivity contribution in [3.05, 3.63) is 28.0 Å². The first-order valence-corrected chi connectivity index (χ1v) is 6.87. The Balaban J connectivity index is 2.48. The minimum atomic E-state index is -1.03. The van der Waals surface area contributed by atoms with Crippen molar-refractivity contribution in [3.8, 4) is 0 Å². The van der Waals surface area contributed by atoms with Gasteiger partial charge in [0.1, 0.15) is 0 Å². The van der Waals surface area contributed by atoms with E-state index in [0.717, 1.165) is 12.5 Å². The zero-order valence-electron chi connectivity index (χ0n) is 10.7. The lowest BCUT2D eigenvalue weighted by Crippen LogP contribution is -2.25. The molecule has 1 amide bonds. The summed E-state index contributed by atoms with van der Waals surface area (Å²) >= 11 is 1.29. The first-order chi connectivity index (χ1) is 9.15. The number of rotatable bonds is 8. The number of ether oxygens (including phenoxy) is 1. The molecule has 2 N–H and O–H groups in total. The molecule has 1 rings (SSSR count). The fourth-order valence-electron chi connectivity index (χ4n) is 1.40. The molecule has 0 aliphatic carbocycles. The van der Waals surface area contributed by atoms with E-state index in [0.29, 0.717) is 30.2 Å². The standard InChI is InChI=1S/C13H17NO4S/c1-2-18-8-3-7-14-13(17)12-10(6-9-19-12)4-5-11(15)16/h4-6,9H,2-3,7-8H2,1H3,(H,14,17)(H,15,16)/b5-4+. The van der Waals surface area contributed by atoms with Crippen LogP contribution in [0.15, 0.2) is 17.5 Å². The van der Waals surface area contributed by atoms with Gasteiger partial charge in [0.15, 0.2) is 0 Å². The molecule has 104 valence electrons. The Morgan fingerprint density at radius 1 is 1.53 bits per heavy atom. The van der Waals surface area contributed by atoms with Crippen LogP contribution in [0.3, 0.4) is 0 Å². The van der Waals surface area contributed by atoms with Gasteiger partial charge in [-0.25, -0.2) is 4.79 Å². The molecule has 19 heavy (non-hydrogen) atoms. The second kappa shape index (κ2) is 8.44. The van der Waals surface area contributed by atoms with E-state index in [-0.39, 0.29) is 5.91 Å². The van der Waals surface area contributed by atoms with Gasteiger partial charge < -0.3 is 15.2 Å². The van der Waals surface area contributed by atoms with Crippen molar-refractivity contribution >= 4 is 29.3 Å². The Labute approximate surface area is 115 Å². The molecule has 5 nitrogen and oxygen atoms in total. The second-order valence-electron chi connectivity index (χ2n) is 3.68. The van der Waals surface area contributed by atoms with Gasteiger partial charge in [-0.15, -0.1) is 11.3 Å². The van der Waals surface area contributed by atoms with Gasteiger partial charge in [0.25, 0.3) is 5.91 Å². The number of carboxylic acids is 1. The number of carboxylic acid groups (broad SMARTS) is 1. The highest BCUT2D eigenvalue weighted by Gasteiger charge is 2.10. The maximum absolute atomic E-state index is 11.9. The molecule has 0 aliphatic rings. The van der Waals surface area contributed by atoms with Crippen LogP contribution < -0.4 is 5.32 Å². The minimum Gasteiger partial charge on any atom is -0.478 e. The van der Waals surface area contributed by atoms with Crippen LogP contribution in [-0.2, 0) is 9.53 Å². The average Bonchev–Trinajstić information content (AvgIpc) is 2.84. The largest absolute Gasteiger partial charge is 0.478 e. The molecule has 0 saturated heterocycles. The summed E-state index contributed by atoms with van der Waals surface area (Å²) in [4.78, 5) is 22.9. The summed E-state index contributed by atoms with van der Waals surface area (Å²) in [6.45, 7) is 3.75. The van der Waals surface area contributed by atoms with E-state index >= 15 is 0 Å². The number of aliphatic carboxylic acids is 1. The maximum atomic E-state index is 11.9. The molecule has 0 unspecified atom stereocenters. The number of carbonyl (C=O) groups excluding carboxylic acids is 1. The van der Waals surface area contributed by atoms with Crippen LogP contribution in [0.5, 0.6) is 0 Å². The molecule has 0 saturated carbocycles. The van der Waals surface area contributed by atoms with E-state index in [1.54, 1.807) is 11.4 Å². The number of nitrogens with one attached hydrogen (secondary N) is 1. The Hall–Kier alpha value is -1.66. The predicted octanol–water partition coefficient (Wildman–Crippen LogP) is 2.00. The van der Waals surface area contributed by atoms with Gasteiger partial charge in [-0.3, -0.25) is 4.79 Å². The third kappa shape index (κ3) is 5.67. The van der Waals surface area contributed by atoms with Crippen molar-refractivity contribution < 1.29 is 19.4 Å². The molecule has 1 heterocycles. The third-order valence-corrected chi connectivity index (χ3v) is 3.19. The molecule has 1 aromatic rings. The SMILES string of the molecule is CCOCCCNC(=O)c1sccc1/C=C/C(=O)O. The quantitative estimate of drug-likeness (QED) is 0.565. The Bertz CT molecular complexity index is 453. The van der Waals surface area contributed by atoms with Crippen molar-refractivity contribution in [2.75, 3.05) is 19.8 Å². The van der Waals surface area contributed by atoms with Crippen molar-refractivity contribution in [2.24, 2.45) is 0 Å². The van der Waals surface area contributed by atoms with Crippen molar-refractivity contribution in [1.29, 1.82) is 0 Å². The van der Waals surface area contributed by atoms with Crippen LogP contribution in [0.2, 0.25) is 0 Å². The van der Waals surface area contributed by atoms with Crippen LogP contribution in [0.4, 0.5) is 0 Å². The molecule has 0 aromatic carbocycles. The van der Waals surface area contributed by atoms with Gasteiger partial charge in [0, 0.05) is 25.8 Å². The summed E-state index contributed by atoms with van der Waals surface area (Å²) in [5.41, 5.74) is 0.620. The number of thiophene rings is 1. The highest BCUT2D eigenvalue weighted by Crippen LogP contribution is 2.18. The second-order valence-corrected chi connectivity index (χ2v) is 4.60. The van der Waals surface area contributed by atoms with E-state index in [1.165, 1.54) is 17.4 Å². The zero-order valence-corrected chi connectivity index (χ0v) is 11.5. The fourth-order valence-corrected chi connectivity index (χ4v) is 2.20. The predicted molar refractivity (Wildman–Crippen MR) is 74.4 cm³/mol. The molecular formula is C13H17NO4S. The van der Waals surface area contributed by atoms with Gasteiger partial charge in [-0.05, 0) is 36.4 Å². The lowest BCUT2D eigenvalue weighted by atomic mass is 10.2. The normalized spacial score (nSPS) is 10.8. The maximum Gasteiger partial charge on any atom is 0.328 e. The molecule has 1 aromatic heterocycles. The van der Waals surface area contributed by atoms with E-state index in [9.17, 15) is 9.59 Å². The summed E-state index contributed by atoms with van der Waals surface area (Å²) in [5.74, 6) is -1.22. The summed E-state index contributed by atoms with van der Waals surface area (Å²) in [6, 6.07) is 1.72. The lowest BCUT2D eigenvalue weighted by Gasteiger charge is -2.04. The molecular weight excluding hydrogens is 266 g/mol. The van der Waals surface area contributed by atoms with Crippen molar-refractivity contribution in [1.82, 2.24) is 5.32 Å². The van der Waals surface area contributed by atoms with Gasteiger partial charge >= 0.3 is 5.97 Å². The average molecular weight is 283 g/mol. The number of carbonyl (C=O) groups is 2. The summed E-state index contributed by atoms with van der Waals surface area (Å²) in [6.07, 6.45) is 3.20. The summed E-state index contributed by atoms with van der Waals surface area (Å²) in [7, 11) is 0. The molecule has 0 bridgehead atoms. The Kier molecular flexibility index (Phi) is 6.84. The lowest BCUT2D eigenvalue weighted by molar-refractivity contribution is -0.131. The first-order valence-electron chi connectivity index (χ1n) is 5.99. The summed E-state index contributed by atoms with van der Waals surface area (Å²) in [5, 5.41) is 13.1. The van der Waals surface area contributed by atoms with E-state index < -0.39 is 5.97 Å². The summed E-state index contributed by atoms with van der Waals surface area (Å²) < 4.78 is 5.17. The smallest absolute Gasteiger partial charge is 0.328 e. The molecule has 0 fully saturated rings. The van der Waals surface area contributed by atoms with E-state index in [1.807, 2.05) is 6.92 Å². The van der Waals surface area contributed by atoms with Crippen LogP contribution in [0.1, 0.15) is 28.6 Å². The van der Waals surface area contributed by atoms with Gasteiger partial charge in [0.05, 0.1) is 4.88 Å². The highest BCUT2D eigenvalue weighted by molar-refractivity contribution is 7.12. The van der Waals surface area contributed by atoms with Gasteiger partial charge in [-0.1, -0.05) is 0 Å². The van der Waals surface area contributed by atoms with Crippen LogP contribution in [0, 0.1) is 0 Å². The number of hydrogen-bond donors (Lipinski definition) is 2. The Morgan fingerprint density at radius 3 is 3.00 bits per heavy atom.